The van der Waals surface area contributed by atoms with Gasteiger partial charge in [0.25, 0.3) is 5.91 Å². The van der Waals surface area contributed by atoms with Crippen molar-refractivity contribution in [2.45, 2.75) is 38.8 Å². The number of anilines is 1. The van der Waals surface area contributed by atoms with E-state index in [0.29, 0.717) is 23.1 Å². The summed E-state index contributed by atoms with van der Waals surface area (Å²) in [7, 11) is 0. The van der Waals surface area contributed by atoms with Gasteiger partial charge in [-0.15, -0.1) is 0 Å². The molecule has 29 heavy (non-hydrogen) atoms. The molecule has 0 bridgehead atoms. The second-order valence-electron chi connectivity index (χ2n) is 7.54. The molecular weight excluding hydrogens is 390 g/mol. The molecule has 1 saturated heterocycles. The summed E-state index contributed by atoms with van der Waals surface area (Å²) < 4.78 is 0. The van der Waals surface area contributed by atoms with Gasteiger partial charge < -0.3 is 15.5 Å². The number of aromatic nitrogens is 2. The van der Waals surface area contributed by atoms with Crippen LogP contribution in [0, 0.1) is 5.92 Å². The lowest BCUT2D eigenvalue weighted by Gasteiger charge is -2.34. The smallest absolute Gasteiger partial charge is 0.251 e. The zero-order valence-electron chi connectivity index (χ0n) is 16.6. The van der Waals surface area contributed by atoms with E-state index in [1.807, 2.05) is 13.8 Å². The van der Waals surface area contributed by atoms with Crippen molar-refractivity contribution in [3.63, 3.8) is 0 Å². The van der Waals surface area contributed by atoms with Crippen LogP contribution in [0.25, 0.3) is 0 Å². The van der Waals surface area contributed by atoms with Crippen molar-refractivity contribution in [3.05, 3.63) is 53.3 Å². The van der Waals surface area contributed by atoms with E-state index in [2.05, 4.69) is 25.5 Å². The number of benzene rings is 1. The minimum Gasteiger partial charge on any atom is -0.350 e. The Morgan fingerprint density at radius 2 is 1.86 bits per heavy atom. The lowest BCUT2D eigenvalue weighted by Crippen LogP contribution is -2.55. The third kappa shape index (κ3) is 5.67. The van der Waals surface area contributed by atoms with Crippen molar-refractivity contribution in [2.75, 3.05) is 18.0 Å². The van der Waals surface area contributed by atoms with Gasteiger partial charge in [0.15, 0.2) is 0 Å². The summed E-state index contributed by atoms with van der Waals surface area (Å²) in [4.78, 5) is 36.1. The van der Waals surface area contributed by atoms with Crippen LogP contribution in [-0.2, 0) is 4.79 Å². The van der Waals surface area contributed by atoms with Crippen LogP contribution in [0.15, 0.2) is 42.7 Å². The molecule has 8 heteroatoms. The Morgan fingerprint density at radius 3 is 2.52 bits per heavy atom. The first-order chi connectivity index (χ1) is 13.9. The summed E-state index contributed by atoms with van der Waals surface area (Å²) in [6.07, 6.45) is 5.24. The Balaban J connectivity index is 1.61. The predicted octanol–water partition coefficient (Wildman–Crippen LogP) is 2.67. The topological polar surface area (TPSA) is 87.2 Å². The SMILES string of the molecule is CC(C)C(NC(=O)c1ccc(Cl)cc1)C(=O)NC1CCCN(c2ncccn2)C1. The molecule has 1 aliphatic heterocycles. The van der Waals surface area contributed by atoms with E-state index in [-0.39, 0.29) is 23.8 Å². The lowest BCUT2D eigenvalue weighted by molar-refractivity contribution is -0.124. The summed E-state index contributed by atoms with van der Waals surface area (Å²) in [5.74, 6) is 0.146. The molecule has 2 atom stereocenters. The highest BCUT2D eigenvalue weighted by Crippen LogP contribution is 2.16. The van der Waals surface area contributed by atoms with E-state index in [1.165, 1.54) is 0 Å². The summed E-state index contributed by atoms with van der Waals surface area (Å²) in [6, 6.07) is 7.74. The molecule has 3 rings (SSSR count). The fourth-order valence-corrected chi connectivity index (χ4v) is 3.51. The fraction of sp³-hybridized carbons (Fsp3) is 0.429. The molecule has 0 aliphatic carbocycles. The Bertz CT molecular complexity index is 829. The van der Waals surface area contributed by atoms with Crippen LogP contribution >= 0.6 is 11.6 Å². The van der Waals surface area contributed by atoms with Gasteiger partial charge in [0.2, 0.25) is 11.9 Å². The molecule has 0 spiro atoms. The number of hydrogen-bond donors (Lipinski definition) is 2. The molecular formula is C21H26ClN5O2. The Hall–Kier alpha value is -2.67. The molecule has 0 radical (unpaired) electrons. The van der Waals surface area contributed by atoms with Crippen LogP contribution < -0.4 is 15.5 Å². The molecule has 0 saturated carbocycles. The van der Waals surface area contributed by atoms with Crippen molar-refractivity contribution in [3.8, 4) is 0 Å². The second-order valence-corrected chi connectivity index (χ2v) is 7.98. The van der Waals surface area contributed by atoms with Crippen LogP contribution in [0.3, 0.4) is 0 Å². The average Bonchev–Trinajstić information content (AvgIpc) is 2.73. The molecule has 1 aromatic carbocycles. The van der Waals surface area contributed by atoms with Gasteiger partial charge in [-0.3, -0.25) is 9.59 Å². The maximum absolute atomic E-state index is 12.9. The molecule has 2 N–H and O–H groups in total. The number of piperidine rings is 1. The van der Waals surface area contributed by atoms with Gasteiger partial charge in [0.05, 0.1) is 0 Å². The van der Waals surface area contributed by atoms with Crippen LogP contribution in [0.2, 0.25) is 5.02 Å². The van der Waals surface area contributed by atoms with Gasteiger partial charge in [-0.05, 0) is 49.1 Å². The highest BCUT2D eigenvalue weighted by Gasteiger charge is 2.29. The molecule has 1 aromatic heterocycles. The van der Waals surface area contributed by atoms with Gasteiger partial charge in [-0.25, -0.2) is 9.97 Å². The van der Waals surface area contributed by atoms with Crippen molar-refractivity contribution < 1.29 is 9.59 Å². The standard InChI is InChI=1S/C21H26ClN5O2/c1-14(2)18(26-19(28)15-6-8-16(22)9-7-15)20(29)25-17-5-3-12-27(13-17)21-23-10-4-11-24-21/h4,6-11,14,17-18H,3,5,12-13H2,1-2H3,(H,25,29)(H,26,28). The van der Waals surface area contributed by atoms with Crippen molar-refractivity contribution >= 4 is 29.4 Å². The van der Waals surface area contributed by atoms with E-state index < -0.39 is 6.04 Å². The highest BCUT2D eigenvalue weighted by molar-refractivity contribution is 6.30. The normalized spacial score (nSPS) is 17.7. The van der Waals surface area contributed by atoms with E-state index in [4.69, 9.17) is 11.6 Å². The number of rotatable bonds is 6. The Kier molecular flexibility index (Phi) is 7.04. The lowest BCUT2D eigenvalue weighted by atomic mass is 10.0. The van der Waals surface area contributed by atoms with Crippen molar-refractivity contribution in [1.82, 2.24) is 20.6 Å². The second kappa shape index (κ2) is 9.69. The molecule has 2 amide bonds. The molecule has 7 nitrogen and oxygen atoms in total. The van der Waals surface area contributed by atoms with E-state index in [0.717, 1.165) is 19.4 Å². The minimum absolute atomic E-state index is 0.0197. The van der Waals surface area contributed by atoms with Crippen molar-refractivity contribution in [2.24, 2.45) is 5.92 Å². The van der Waals surface area contributed by atoms with Crippen LogP contribution in [0.5, 0.6) is 0 Å². The first kappa shape index (κ1) is 21.0. The molecule has 1 fully saturated rings. The van der Waals surface area contributed by atoms with Gasteiger partial charge >= 0.3 is 0 Å². The largest absolute Gasteiger partial charge is 0.350 e. The van der Waals surface area contributed by atoms with Crippen LogP contribution in [0.1, 0.15) is 37.0 Å². The summed E-state index contributed by atoms with van der Waals surface area (Å²) in [6.45, 7) is 5.33. The van der Waals surface area contributed by atoms with Crippen LogP contribution in [0.4, 0.5) is 5.95 Å². The molecule has 1 aliphatic rings. The summed E-state index contributed by atoms with van der Waals surface area (Å²) in [5, 5.41) is 6.51. The van der Waals surface area contributed by atoms with Crippen molar-refractivity contribution in [1.29, 1.82) is 0 Å². The monoisotopic (exact) mass is 415 g/mol. The fourth-order valence-electron chi connectivity index (χ4n) is 3.38. The highest BCUT2D eigenvalue weighted by atomic mass is 35.5. The van der Waals surface area contributed by atoms with E-state index in [1.54, 1.807) is 42.7 Å². The average molecular weight is 416 g/mol. The molecule has 2 aromatic rings. The Morgan fingerprint density at radius 1 is 1.17 bits per heavy atom. The number of carbonyl (C=O) groups excluding carboxylic acids is 2. The molecule has 2 unspecified atom stereocenters. The number of nitrogens with one attached hydrogen (secondary N) is 2. The quantitative estimate of drug-likeness (QED) is 0.757. The maximum atomic E-state index is 12.9. The third-order valence-corrected chi connectivity index (χ3v) is 5.20. The van der Waals surface area contributed by atoms with Gasteiger partial charge in [-0.1, -0.05) is 25.4 Å². The Labute approximate surface area is 175 Å². The van der Waals surface area contributed by atoms with E-state index >= 15 is 0 Å². The number of amides is 2. The zero-order valence-corrected chi connectivity index (χ0v) is 17.4. The summed E-state index contributed by atoms with van der Waals surface area (Å²) in [5.41, 5.74) is 0.470. The van der Waals surface area contributed by atoms with Gasteiger partial charge in [0, 0.05) is 42.1 Å². The third-order valence-electron chi connectivity index (χ3n) is 4.94. The minimum atomic E-state index is -0.624. The van der Waals surface area contributed by atoms with Crippen LogP contribution in [-0.4, -0.2) is 47.0 Å². The predicted molar refractivity (Wildman–Crippen MR) is 113 cm³/mol. The van der Waals surface area contributed by atoms with Gasteiger partial charge in [0.1, 0.15) is 6.04 Å². The zero-order chi connectivity index (χ0) is 20.8. The summed E-state index contributed by atoms with van der Waals surface area (Å²) >= 11 is 5.88. The first-order valence-electron chi connectivity index (χ1n) is 9.83. The first-order valence-corrected chi connectivity index (χ1v) is 10.2. The molecule has 2 heterocycles. The number of nitrogens with zero attached hydrogens (tertiary/aromatic N) is 3. The number of halogens is 1. The maximum Gasteiger partial charge on any atom is 0.251 e. The number of hydrogen-bond acceptors (Lipinski definition) is 5. The van der Waals surface area contributed by atoms with Gasteiger partial charge in [-0.2, -0.15) is 0 Å². The van der Waals surface area contributed by atoms with E-state index in [9.17, 15) is 9.59 Å². The molecule has 154 valence electrons. The number of carbonyl (C=O) groups is 2.